The second-order valence-electron chi connectivity index (χ2n) is 4.98. The van der Waals surface area contributed by atoms with Gasteiger partial charge in [0, 0.05) is 6.61 Å². The molecule has 0 radical (unpaired) electrons. The van der Waals surface area contributed by atoms with Crippen molar-refractivity contribution in [3.63, 3.8) is 0 Å². The lowest BCUT2D eigenvalue weighted by molar-refractivity contribution is -0.0360. The molecule has 3 heteroatoms. The van der Waals surface area contributed by atoms with Crippen LogP contribution >= 0.6 is 12.6 Å². The molecule has 0 aliphatic rings. The van der Waals surface area contributed by atoms with Crippen LogP contribution in [0.5, 0.6) is 0 Å². The summed E-state index contributed by atoms with van der Waals surface area (Å²) in [4.78, 5) is 0. The second-order valence-corrected chi connectivity index (χ2v) is 5.43. The quantitative estimate of drug-likeness (QED) is 0.514. The van der Waals surface area contributed by atoms with E-state index in [0.717, 1.165) is 18.8 Å². The van der Waals surface area contributed by atoms with Crippen molar-refractivity contribution < 1.29 is 9.47 Å². The Balaban J connectivity index is 3.18. The summed E-state index contributed by atoms with van der Waals surface area (Å²) in [5.74, 6) is 1.68. The summed E-state index contributed by atoms with van der Waals surface area (Å²) in [6, 6.07) is 0. The molecule has 0 saturated heterocycles. The van der Waals surface area contributed by atoms with Gasteiger partial charge in [-0.15, -0.1) is 0 Å². The number of rotatable bonds is 8. The fraction of sp³-hybridized carbons (Fsp3) is 1.00. The minimum absolute atomic E-state index is 0.0529. The highest BCUT2D eigenvalue weighted by Crippen LogP contribution is 2.08. The molecule has 0 aromatic heterocycles. The van der Waals surface area contributed by atoms with Gasteiger partial charge in [-0.2, -0.15) is 12.6 Å². The Labute approximate surface area is 100 Å². The molecule has 0 rings (SSSR count). The van der Waals surface area contributed by atoms with Gasteiger partial charge in [0.05, 0.1) is 18.8 Å². The van der Waals surface area contributed by atoms with E-state index in [0.29, 0.717) is 19.1 Å². The lowest BCUT2D eigenvalue weighted by Crippen LogP contribution is -2.22. The Morgan fingerprint density at radius 3 is 2.27 bits per heavy atom. The molecule has 0 aliphatic carbocycles. The average Bonchev–Trinajstić information content (AvgIpc) is 2.09. The summed E-state index contributed by atoms with van der Waals surface area (Å²) in [6.45, 7) is 10.6. The smallest absolute Gasteiger partial charge is 0.0707 e. The van der Waals surface area contributed by atoms with E-state index in [9.17, 15) is 0 Å². The van der Waals surface area contributed by atoms with Gasteiger partial charge in [-0.05, 0) is 45.3 Å². The topological polar surface area (TPSA) is 18.5 Å². The first-order chi connectivity index (χ1) is 6.95. The van der Waals surface area contributed by atoms with Crippen LogP contribution in [0.25, 0.3) is 0 Å². The van der Waals surface area contributed by atoms with E-state index in [1.165, 1.54) is 6.42 Å². The molecule has 0 aromatic carbocycles. The molecule has 0 spiro atoms. The molecule has 15 heavy (non-hydrogen) atoms. The lowest BCUT2D eigenvalue weighted by atomic mass is 10.1. The number of hydrogen-bond acceptors (Lipinski definition) is 3. The third kappa shape index (κ3) is 12.2. The third-order valence-corrected chi connectivity index (χ3v) is 2.40. The van der Waals surface area contributed by atoms with Crippen molar-refractivity contribution in [3.8, 4) is 0 Å². The van der Waals surface area contributed by atoms with Gasteiger partial charge in [-0.1, -0.05) is 6.92 Å². The molecule has 0 aliphatic heterocycles. The number of thiol groups is 1. The largest absolute Gasteiger partial charge is 0.379 e. The standard InChI is InChI=1S/C12H26O2S/c1-11(6-10-15)5-7-13-8-9-14-12(2,3)4/h11,15H,5-10H2,1-4H3. The van der Waals surface area contributed by atoms with Gasteiger partial charge in [-0.25, -0.2) is 0 Å². The molecule has 0 fully saturated rings. The van der Waals surface area contributed by atoms with Crippen molar-refractivity contribution in [2.24, 2.45) is 5.92 Å². The van der Waals surface area contributed by atoms with Crippen molar-refractivity contribution in [2.45, 2.75) is 46.1 Å². The lowest BCUT2D eigenvalue weighted by Gasteiger charge is -2.19. The van der Waals surface area contributed by atoms with Crippen LogP contribution in [0, 0.1) is 5.92 Å². The average molecular weight is 234 g/mol. The maximum Gasteiger partial charge on any atom is 0.0707 e. The van der Waals surface area contributed by atoms with Crippen LogP contribution in [0.1, 0.15) is 40.5 Å². The van der Waals surface area contributed by atoms with Crippen LogP contribution in [0.3, 0.4) is 0 Å². The van der Waals surface area contributed by atoms with Gasteiger partial charge < -0.3 is 9.47 Å². The maximum atomic E-state index is 5.55. The van der Waals surface area contributed by atoms with Crippen molar-refractivity contribution in [3.05, 3.63) is 0 Å². The number of ether oxygens (including phenoxy) is 2. The summed E-state index contributed by atoms with van der Waals surface area (Å²) < 4.78 is 11.0. The van der Waals surface area contributed by atoms with E-state index in [2.05, 4.69) is 40.3 Å². The van der Waals surface area contributed by atoms with Crippen LogP contribution in [-0.4, -0.2) is 31.2 Å². The van der Waals surface area contributed by atoms with Gasteiger partial charge in [0.2, 0.25) is 0 Å². The molecule has 1 atom stereocenters. The highest BCUT2D eigenvalue weighted by Gasteiger charge is 2.08. The summed E-state index contributed by atoms with van der Waals surface area (Å²) in [5, 5.41) is 0. The van der Waals surface area contributed by atoms with Crippen LogP contribution in [0.2, 0.25) is 0 Å². The Bertz CT molecular complexity index is 143. The molecule has 1 unspecified atom stereocenters. The Morgan fingerprint density at radius 1 is 1.07 bits per heavy atom. The van der Waals surface area contributed by atoms with Crippen molar-refractivity contribution >= 4 is 12.6 Å². The monoisotopic (exact) mass is 234 g/mol. The van der Waals surface area contributed by atoms with Crippen molar-refractivity contribution in [1.29, 1.82) is 0 Å². The van der Waals surface area contributed by atoms with E-state index in [1.54, 1.807) is 0 Å². The molecule has 0 bridgehead atoms. The summed E-state index contributed by atoms with van der Waals surface area (Å²) >= 11 is 4.21. The summed E-state index contributed by atoms with van der Waals surface area (Å²) in [6.07, 6.45) is 2.29. The van der Waals surface area contributed by atoms with Crippen LogP contribution in [0.4, 0.5) is 0 Å². The van der Waals surface area contributed by atoms with E-state index < -0.39 is 0 Å². The van der Waals surface area contributed by atoms with Gasteiger partial charge in [-0.3, -0.25) is 0 Å². The van der Waals surface area contributed by atoms with E-state index >= 15 is 0 Å². The molecular formula is C12H26O2S. The van der Waals surface area contributed by atoms with E-state index in [1.807, 2.05) is 0 Å². The summed E-state index contributed by atoms with van der Waals surface area (Å²) in [5.41, 5.74) is -0.0529. The zero-order valence-electron chi connectivity index (χ0n) is 10.6. The Morgan fingerprint density at radius 2 is 1.73 bits per heavy atom. The van der Waals surface area contributed by atoms with Crippen LogP contribution < -0.4 is 0 Å². The van der Waals surface area contributed by atoms with Gasteiger partial charge in [0.1, 0.15) is 0 Å². The predicted molar refractivity (Wildman–Crippen MR) is 68.8 cm³/mol. The fourth-order valence-corrected chi connectivity index (χ4v) is 1.60. The zero-order chi connectivity index (χ0) is 11.7. The first-order valence-electron chi connectivity index (χ1n) is 5.78. The number of hydrogen-bond donors (Lipinski definition) is 1. The fourth-order valence-electron chi connectivity index (χ4n) is 1.16. The highest BCUT2D eigenvalue weighted by molar-refractivity contribution is 7.80. The second kappa shape index (κ2) is 8.43. The predicted octanol–water partition coefficient (Wildman–Crippen LogP) is 3.16. The molecule has 0 N–H and O–H groups in total. The molecule has 0 aromatic rings. The first kappa shape index (κ1) is 15.3. The SMILES string of the molecule is CC(CCS)CCOCCOC(C)(C)C. The molecular weight excluding hydrogens is 208 g/mol. The van der Waals surface area contributed by atoms with Gasteiger partial charge in [0.25, 0.3) is 0 Å². The first-order valence-corrected chi connectivity index (χ1v) is 6.41. The third-order valence-electron chi connectivity index (χ3n) is 2.14. The zero-order valence-corrected chi connectivity index (χ0v) is 11.5. The normalized spacial score (nSPS) is 14.2. The van der Waals surface area contributed by atoms with Crippen molar-refractivity contribution in [2.75, 3.05) is 25.6 Å². The van der Waals surface area contributed by atoms with E-state index in [4.69, 9.17) is 9.47 Å². The van der Waals surface area contributed by atoms with E-state index in [-0.39, 0.29) is 5.60 Å². The molecule has 0 amide bonds. The minimum Gasteiger partial charge on any atom is -0.379 e. The maximum absolute atomic E-state index is 5.55. The van der Waals surface area contributed by atoms with Crippen molar-refractivity contribution in [1.82, 2.24) is 0 Å². The van der Waals surface area contributed by atoms with Gasteiger partial charge >= 0.3 is 0 Å². The molecule has 0 saturated carbocycles. The van der Waals surface area contributed by atoms with Gasteiger partial charge in [0.15, 0.2) is 0 Å². The highest BCUT2D eigenvalue weighted by atomic mass is 32.1. The van der Waals surface area contributed by atoms with Crippen LogP contribution in [-0.2, 0) is 9.47 Å². The Hall–Kier alpha value is 0.270. The Kier molecular flexibility index (Phi) is 8.58. The molecule has 0 heterocycles. The molecule has 2 nitrogen and oxygen atoms in total. The summed E-state index contributed by atoms with van der Waals surface area (Å²) in [7, 11) is 0. The molecule has 92 valence electrons. The minimum atomic E-state index is -0.0529. The van der Waals surface area contributed by atoms with Crippen LogP contribution in [0.15, 0.2) is 0 Å².